The zero-order valence-corrected chi connectivity index (χ0v) is 17.1. The van der Waals surface area contributed by atoms with E-state index in [2.05, 4.69) is 29.2 Å². The van der Waals surface area contributed by atoms with Crippen LogP contribution < -0.4 is 11.3 Å². The highest BCUT2D eigenvalue weighted by molar-refractivity contribution is 5.77. The molecule has 0 aliphatic carbocycles. The molecule has 5 heteroatoms. The van der Waals surface area contributed by atoms with E-state index < -0.39 is 0 Å². The van der Waals surface area contributed by atoms with E-state index in [9.17, 15) is 4.79 Å². The first-order valence-electron chi connectivity index (χ1n) is 10.7. The topological polar surface area (TPSA) is 64.1 Å². The Morgan fingerprint density at radius 3 is 2.41 bits per heavy atom. The Hall–Kier alpha value is -2.50. The smallest absolute Gasteiger partial charge is 0.262 e. The van der Waals surface area contributed by atoms with Crippen molar-refractivity contribution >= 4 is 10.9 Å². The van der Waals surface area contributed by atoms with Gasteiger partial charge in [0, 0.05) is 13.1 Å². The van der Waals surface area contributed by atoms with Gasteiger partial charge in [-0.1, -0.05) is 48.9 Å². The van der Waals surface area contributed by atoms with Gasteiger partial charge in [-0.25, -0.2) is 4.98 Å². The Kier molecular flexibility index (Phi) is 6.07. The number of nitrogens with zero attached hydrogens (tertiary/aromatic N) is 3. The van der Waals surface area contributed by atoms with Crippen molar-refractivity contribution in [2.45, 2.75) is 51.2 Å². The molecule has 1 aliphatic rings. The first kappa shape index (κ1) is 19.8. The fourth-order valence-electron chi connectivity index (χ4n) is 4.40. The van der Waals surface area contributed by atoms with Gasteiger partial charge in [0.2, 0.25) is 0 Å². The number of aryl methyl sites for hydroxylation is 1. The summed E-state index contributed by atoms with van der Waals surface area (Å²) in [5.74, 6) is 0.678. The van der Waals surface area contributed by atoms with Gasteiger partial charge in [0.25, 0.3) is 5.56 Å². The first-order chi connectivity index (χ1) is 14.1. The summed E-state index contributed by atoms with van der Waals surface area (Å²) >= 11 is 0. The Labute approximate surface area is 172 Å². The minimum absolute atomic E-state index is 0.0199. The summed E-state index contributed by atoms with van der Waals surface area (Å²) < 4.78 is 1.89. The van der Waals surface area contributed by atoms with Crippen molar-refractivity contribution < 1.29 is 0 Å². The Balaban J connectivity index is 1.80. The van der Waals surface area contributed by atoms with Crippen LogP contribution in [0.1, 0.15) is 56.2 Å². The SMILES string of the molecule is C[C@H](N)c1nc2ccccc2c(=O)n1[C@@H](CCc1ccccc1)N1CCCCC1. The Morgan fingerprint density at radius 1 is 1.00 bits per heavy atom. The van der Waals surface area contributed by atoms with Gasteiger partial charge in [-0.2, -0.15) is 0 Å². The average Bonchev–Trinajstić information content (AvgIpc) is 2.76. The molecule has 0 bridgehead atoms. The number of likely N-dealkylation sites (tertiary alicyclic amines) is 1. The number of nitrogens with two attached hydrogens (primary N) is 1. The molecule has 2 N–H and O–H groups in total. The highest BCUT2D eigenvalue weighted by atomic mass is 16.1. The fourth-order valence-corrected chi connectivity index (χ4v) is 4.40. The molecule has 2 atom stereocenters. The van der Waals surface area contributed by atoms with Crippen molar-refractivity contribution in [3.63, 3.8) is 0 Å². The monoisotopic (exact) mass is 390 g/mol. The molecule has 0 unspecified atom stereocenters. The third-order valence-electron chi connectivity index (χ3n) is 5.89. The summed E-state index contributed by atoms with van der Waals surface area (Å²) in [6, 6.07) is 17.8. The zero-order chi connectivity index (χ0) is 20.2. The van der Waals surface area contributed by atoms with Gasteiger partial charge in [-0.3, -0.25) is 14.3 Å². The molecule has 4 rings (SSSR count). The number of hydrogen-bond acceptors (Lipinski definition) is 4. The lowest BCUT2D eigenvalue weighted by atomic mass is 10.0. The number of hydrogen-bond donors (Lipinski definition) is 1. The van der Waals surface area contributed by atoms with Crippen LogP contribution in [-0.4, -0.2) is 27.5 Å². The van der Waals surface area contributed by atoms with Crippen LogP contribution in [-0.2, 0) is 6.42 Å². The van der Waals surface area contributed by atoms with Crippen LogP contribution in [0.5, 0.6) is 0 Å². The van der Waals surface area contributed by atoms with Gasteiger partial charge >= 0.3 is 0 Å². The molecule has 0 spiro atoms. The van der Waals surface area contributed by atoms with Crippen LogP contribution in [0.3, 0.4) is 0 Å². The second kappa shape index (κ2) is 8.89. The molecule has 0 amide bonds. The quantitative estimate of drug-likeness (QED) is 0.690. The zero-order valence-electron chi connectivity index (χ0n) is 17.1. The van der Waals surface area contributed by atoms with E-state index in [1.807, 2.05) is 41.8 Å². The van der Waals surface area contributed by atoms with Crippen LogP contribution in [0.25, 0.3) is 10.9 Å². The summed E-state index contributed by atoms with van der Waals surface area (Å²) in [5.41, 5.74) is 8.34. The molecule has 5 nitrogen and oxygen atoms in total. The van der Waals surface area contributed by atoms with E-state index in [-0.39, 0.29) is 17.8 Å². The standard InChI is InChI=1S/C24H30N4O/c1-18(25)23-26-21-13-7-6-12-20(21)24(29)28(23)22(27-16-8-3-9-17-27)15-14-19-10-4-2-5-11-19/h2,4-7,10-13,18,22H,3,8-9,14-17,25H2,1H3/t18-,22-/m0/s1. The number of para-hydroxylation sites is 1. The first-order valence-corrected chi connectivity index (χ1v) is 10.7. The van der Waals surface area contributed by atoms with Crippen molar-refractivity contribution in [2.24, 2.45) is 5.73 Å². The maximum Gasteiger partial charge on any atom is 0.262 e. The number of fused-ring (bicyclic) bond motifs is 1. The lowest BCUT2D eigenvalue weighted by Gasteiger charge is -2.37. The molecular weight excluding hydrogens is 360 g/mol. The Morgan fingerprint density at radius 2 is 1.69 bits per heavy atom. The van der Waals surface area contributed by atoms with Gasteiger partial charge in [0.15, 0.2) is 0 Å². The predicted octanol–water partition coefficient (Wildman–Crippen LogP) is 4.03. The van der Waals surface area contributed by atoms with Crippen LogP contribution >= 0.6 is 0 Å². The van der Waals surface area contributed by atoms with Crippen LogP contribution in [0.2, 0.25) is 0 Å². The van der Waals surface area contributed by atoms with Gasteiger partial charge in [0.1, 0.15) is 5.82 Å². The van der Waals surface area contributed by atoms with Crippen molar-refractivity contribution in [3.8, 4) is 0 Å². The Bertz CT molecular complexity index is 1010. The van der Waals surface area contributed by atoms with E-state index in [1.165, 1.54) is 24.8 Å². The van der Waals surface area contributed by atoms with E-state index in [0.717, 1.165) is 31.4 Å². The second-order valence-electron chi connectivity index (χ2n) is 8.05. The third-order valence-corrected chi connectivity index (χ3v) is 5.89. The van der Waals surface area contributed by atoms with E-state index in [0.29, 0.717) is 11.2 Å². The summed E-state index contributed by atoms with van der Waals surface area (Å²) in [5, 5.41) is 0.665. The van der Waals surface area contributed by atoms with Crippen LogP contribution in [0.4, 0.5) is 0 Å². The lowest BCUT2D eigenvalue weighted by molar-refractivity contribution is 0.0988. The summed E-state index contributed by atoms with van der Waals surface area (Å²) in [4.78, 5) is 20.9. The van der Waals surface area contributed by atoms with E-state index >= 15 is 0 Å². The minimum atomic E-state index is -0.309. The van der Waals surface area contributed by atoms with Crippen LogP contribution in [0, 0.1) is 0 Å². The minimum Gasteiger partial charge on any atom is -0.322 e. The van der Waals surface area contributed by atoms with Crippen molar-refractivity contribution in [1.29, 1.82) is 0 Å². The van der Waals surface area contributed by atoms with Gasteiger partial charge in [0.05, 0.1) is 23.1 Å². The van der Waals surface area contributed by atoms with Gasteiger partial charge < -0.3 is 5.73 Å². The maximum atomic E-state index is 13.6. The number of benzene rings is 2. The molecule has 0 radical (unpaired) electrons. The van der Waals surface area contributed by atoms with Gasteiger partial charge in [-0.05, 0) is 50.3 Å². The summed E-state index contributed by atoms with van der Waals surface area (Å²) in [7, 11) is 0. The average molecular weight is 391 g/mol. The molecule has 2 aromatic carbocycles. The molecule has 2 heterocycles. The van der Waals surface area contributed by atoms with E-state index in [4.69, 9.17) is 10.7 Å². The lowest BCUT2D eigenvalue weighted by Crippen LogP contribution is -2.43. The van der Waals surface area contributed by atoms with Gasteiger partial charge in [-0.15, -0.1) is 0 Å². The predicted molar refractivity (Wildman–Crippen MR) is 118 cm³/mol. The highest BCUT2D eigenvalue weighted by Gasteiger charge is 2.27. The normalized spacial score (nSPS) is 17.3. The molecule has 0 saturated carbocycles. The second-order valence-corrected chi connectivity index (χ2v) is 8.05. The molecule has 1 fully saturated rings. The highest BCUT2D eigenvalue weighted by Crippen LogP contribution is 2.26. The third kappa shape index (κ3) is 4.26. The number of aromatic nitrogens is 2. The summed E-state index contributed by atoms with van der Waals surface area (Å²) in [6.45, 7) is 3.94. The van der Waals surface area contributed by atoms with Crippen LogP contribution in [0.15, 0.2) is 59.4 Å². The molecule has 29 heavy (non-hydrogen) atoms. The summed E-state index contributed by atoms with van der Waals surface area (Å²) in [6.07, 6.45) is 5.35. The fraction of sp³-hybridized carbons (Fsp3) is 0.417. The maximum absolute atomic E-state index is 13.6. The molecule has 1 aliphatic heterocycles. The van der Waals surface area contributed by atoms with Crippen molar-refractivity contribution in [1.82, 2.24) is 14.5 Å². The van der Waals surface area contributed by atoms with E-state index in [1.54, 1.807) is 0 Å². The molecular formula is C24H30N4O. The number of piperidine rings is 1. The van der Waals surface area contributed by atoms with Crippen molar-refractivity contribution in [2.75, 3.05) is 13.1 Å². The number of rotatable bonds is 6. The molecule has 1 saturated heterocycles. The van der Waals surface area contributed by atoms with Crippen molar-refractivity contribution in [3.05, 3.63) is 76.3 Å². The molecule has 152 valence electrons. The molecule has 1 aromatic heterocycles. The molecule has 3 aromatic rings. The largest absolute Gasteiger partial charge is 0.322 e.